The molecule has 1 aromatic rings. The van der Waals surface area contributed by atoms with Crippen molar-refractivity contribution in [1.29, 1.82) is 0 Å². The summed E-state index contributed by atoms with van der Waals surface area (Å²) in [6.45, 7) is 4.53. The molecule has 1 N–H and O–H groups in total. The van der Waals surface area contributed by atoms with Gasteiger partial charge in [0.1, 0.15) is 5.60 Å². The van der Waals surface area contributed by atoms with E-state index in [0.717, 1.165) is 18.0 Å². The van der Waals surface area contributed by atoms with Gasteiger partial charge in [-0.3, -0.25) is 0 Å². The monoisotopic (exact) mass is 330 g/mol. The lowest BCUT2D eigenvalue weighted by Gasteiger charge is -2.42. The predicted molar refractivity (Wildman–Crippen MR) is 92.3 cm³/mol. The molecule has 1 saturated carbocycles. The number of amides is 2. The average molecular weight is 330 g/mol. The van der Waals surface area contributed by atoms with Crippen LogP contribution in [0.2, 0.25) is 0 Å². The molecule has 5 nitrogen and oxygen atoms in total. The lowest BCUT2D eigenvalue weighted by molar-refractivity contribution is -0.136. The summed E-state index contributed by atoms with van der Waals surface area (Å²) in [5, 5.41) is 3.03. The summed E-state index contributed by atoms with van der Waals surface area (Å²) in [4.78, 5) is 14.5. The molecule has 0 aromatic heterocycles. The van der Waals surface area contributed by atoms with Gasteiger partial charge in [-0.05, 0) is 43.4 Å². The van der Waals surface area contributed by atoms with E-state index in [-0.39, 0.29) is 17.7 Å². The van der Waals surface area contributed by atoms with Crippen molar-refractivity contribution < 1.29 is 14.3 Å². The zero-order valence-corrected chi connectivity index (χ0v) is 14.3. The second-order valence-electron chi connectivity index (χ2n) is 7.47. The average Bonchev–Trinajstić information content (AvgIpc) is 2.94. The normalized spacial score (nSPS) is 30.4. The van der Waals surface area contributed by atoms with Crippen LogP contribution in [0.4, 0.5) is 10.5 Å². The minimum absolute atomic E-state index is 0.0344. The first-order valence-electron chi connectivity index (χ1n) is 9.05. The fourth-order valence-electron chi connectivity index (χ4n) is 3.97. The van der Waals surface area contributed by atoms with E-state index in [2.05, 4.69) is 17.4 Å². The van der Waals surface area contributed by atoms with E-state index in [1.54, 1.807) is 0 Å². The second kappa shape index (κ2) is 6.37. The van der Waals surface area contributed by atoms with Crippen LogP contribution in [0.1, 0.15) is 44.1 Å². The van der Waals surface area contributed by atoms with Crippen LogP contribution in [-0.2, 0) is 9.47 Å². The van der Waals surface area contributed by atoms with E-state index in [1.807, 2.05) is 24.0 Å². The Morgan fingerprint density at radius 1 is 1.29 bits per heavy atom. The maximum absolute atomic E-state index is 12.7. The Labute approximate surface area is 143 Å². The van der Waals surface area contributed by atoms with Gasteiger partial charge >= 0.3 is 6.03 Å². The quantitative estimate of drug-likeness (QED) is 0.904. The first-order valence-corrected chi connectivity index (χ1v) is 9.05. The molecule has 1 aromatic carbocycles. The van der Waals surface area contributed by atoms with Gasteiger partial charge in [0.2, 0.25) is 0 Å². The summed E-state index contributed by atoms with van der Waals surface area (Å²) in [5.74, 6) is 0.720. The van der Waals surface area contributed by atoms with Crippen LogP contribution in [0.25, 0.3) is 0 Å². The third-order valence-electron chi connectivity index (χ3n) is 5.50. The Kier molecular flexibility index (Phi) is 4.22. The molecule has 0 radical (unpaired) electrons. The lowest BCUT2D eigenvalue weighted by Crippen LogP contribution is -2.57. The van der Waals surface area contributed by atoms with Crippen LogP contribution >= 0.6 is 0 Å². The van der Waals surface area contributed by atoms with Crippen molar-refractivity contribution in [2.45, 2.75) is 50.2 Å². The first-order chi connectivity index (χ1) is 11.6. The summed E-state index contributed by atoms with van der Waals surface area (Å²) in [5.41, 5.74) is 1.93. The highest BCUT2D eigenvalue weighted by Crippen LogP contribution is 2.36. The van der Waals surface area contributed by atoms with Crippen LogP contribution in [0, 0.1) is 0 Å². The molecule has 2 heterocycles. The van der Waals surface area contributed by atoms with Gasteiger partial charge in [0.15, 0.2) is 0 Å². The number of hydrogen-bond acceptors (Lipinski definition) is 3. The highest BCUT2D eigenvalue weighted by atomic mass is 16.6. The fraction of sp³-hybridized carbons (Fsp3) is 0.632. The number of carbonyl (C=O) groups is 1. The van der Waals surface area contributed by atoms with E-state index >= 15 is 0 Å². The number of rotatable bonds is 2. The van der Waals surface area contributed by atoms with Gasteiger partial charge in [0.05, 0.1) is 19.3 Å². The Morgan fingerprint density at radius 3 is 2.71 bits per heavy atom. The minimum atomic E-state index is -0.316. The molecule has 1 spiro atoms. The number of morpholine rings is 1. The van der Waals surface area contributed by atoms with Gasteiger partial charge in [0, 0.05) is 25.3 Å². The van der Waals surface area contributed by atoms with Gasteiger partial charge in [-0.15, -0.1) is 0 Å². The molecule has 0 unspecified atom stereocenters. The number of hydrogen-bond donors (Lipinski definition) is 1. The van der Waals surface area contributed by atoms with E-state index < -0.39 is 0 Å². The van der Waals surface area contributed by atoms with Crippen LogP contribution in [0.3, 0.4) is 0 Å². The van der Waals surface area contributed by atoms with E-state index in [4.69, 9.17) is 9.47 Å². The fourth-order valence-corrected chi connectivity index (χ4v) is 3.97. The smallest absolute Gasteiger partial charge is 0.322 e. The summed E-state index contributed by atoms with van der Waals surface area (Å²) in [7, 11) is 0. The molecule has 5 heteroatoms. The third-order valence-corrected chi connectivity index (χ3v) is 5.50. The number of benzene rings is 1. The molecular weight excluding hydrogens is 304 g/mol. The molecule has 130 valence electrons. The highest BCUT2D eigenvalue weighted by molar-refractivity contribution is 5.89. The lowest BCUT2D eigenvalue weighted by atomic mass is 9.80. The molecule has 2 amide bonds. The van der Waals surface area contributed by atoms with Crippen molar-refractivity contribution in [1.82, 2.24) is 4.90 Å². The zero-order valence-electron chi connectivity index (χ0n) is 14.3. The SMILES string of the molecule is C[C@H]1CN(C(=O)Nc2ccc(C3CCC3)cc2)C[C@]2(CCOC2)O1. The maximum atomic E-state index is 12.7. The molecule has 1 aliphatic carbocycles. The number of nitrogens with zero attached hydrogens (tertiary/aromatic N) is 1. The van der Waals surface area contributed by atoms with Crippen molar-refractivity contribution >= 4 is 11.7 Å². The Balaban J connectivity index is 1.39. The topological polar surface area (TPSA) is 50.8 Å². The van der Waals surface area contributed by atoms with Gasteiger partial charge < -0.3 is 19.7 Å². The highest BCUT2D eigenvalue weighted by Gasteiger charge is 2.44. The van der Waals surface area contributed by atoms with E-state index in [0.29, 0.717) is 26.3 Å². The summed E-state index contributed by atoms with van der Waals surface area (Å²) in [6.07, 6.45) is 4.82. The van der Waals surface area contributed by atoms with Gasteiger partial charge in [-0.1, -0.05) is 18.6 Å². The third kappa shape index (κ3) is 3.15. The largest absolute Gasteiger partial charge is 0.378 e. The number of urea groups is 1. The number of carbonyl (C=O) groups excluding carboxylic acids is 1. The predicted octanol–water partition coefficient (Wildman–Crippen LogP) is 3.37. The molecule has 2 atom stereocenters. The molecular formula is C19H26N2O3. The number of ether oxygens (including phenoxy) is 2. The van der Waals surface area contributed by atoms with Crippen LogP contribution in [0.5, 0.6) is 0 Å². The molecule has 24 heavy (non-hydrogen) atoms. The molecule has 2 aliphatic heterocycles. The molecule has 4 rings (SSSR count). The molecule has 0 bridgehead atoms. The zero-order chi connectivity index (χ0) is 16.6. The van der Waals surface area contributed by atoms with Crippen molar-refractivity contribution in [2.24, 2.45) is 0 Å². The minimum Gasteiger partial charge on any atom is -0.378 e. The molecule has 3 fully saturated rings. The standard InChI is InChI=1S/C19H26N2O3/c1-14-11-21(12-19(24-14)9-10-23-13-19)18(22)20-17-7-5-16(6-8-17)15-3-2-4-15/h5-8,14-15H,2-4,9-13H2,1H3,(H,20,22)/t14-,19-/m0/s1. The first kappa shape index (κ1) is 15.9. The molecule has 2 saturated heterocycles. The van der Waals surface area contributed by atoms with Crippen molar-refractivity contribution in [3.8, 4) is 0 Å². The van der Waals surface area contributed by atoms with Gasteiger partial charge in [0.25, 0.3) is 0 Å². The Morgan fingerprint density at radius 2 is 2.08 bits per heavy atom. The van der Waals surface area contributed by atoms with Crippen LogP contribution in [-0.4, -0.2) is 48.9 Å². The Bertz CT molecular complexity index is 591. The maximum Gasteiger partial charge on any atom is 0.322 e. The number of anilines is 1. The summed E-state index contributed by atoms with van der Waals surface area (Å²) in [6, 6.07) is 8.28. The van der Waals surface area contributed by atoms with Gasteiger partial charge in [-0.2, -0.15) is 0 Å². The van der Waals surface area contributed by atoms with Crippen LogP contribution < -0.4 is 5.32 Å². The summed E-state index contributed by atoms with van der Waals surface area (Å²) >= 11 is 0. The summed E-state index contributed by atoms with van der Waals surface area (Å²) < 4.78 is 11.6. The molecule has 3 aliphatic rings. The van der Waals surface area contributed by atoms with Gasteiger partial charge in [-0.25, -0.2) is 4.79 Å². The van der Waals surface area contributed by atoms with Crippen LogP contribution in [0.15, 0.2) is 24.3 Å². The van der Waals surface area contributed by atoms with E-state index in [1.165, 1.54) is 24.8 Å². The van der Waals surface area contributed by atoms with E-state index in [9.17, 15) is 4.79 Å². The van der Waals surface area contributed by atoms with Crippen molar-refractivity contribution in [3.63, 3.8) is 0 Å². The number of nitrogens with one attached hydrogen (secondary N) is 1. The van der Waals surface area contributed by atoms with Crippen molar-refractivity contribution in [2.75, 3.05) is 31.6 Å². The second-order valence-corrected chi connectivity index (χ2v) is 7.47. The Hall–Kier alpha value is -1.59. The van der Waals surface area contributed by atoms with Crippen molar-refractivity contribution in [3.05, 3.63) is 29.8 Å².